The van der Waals surface area contributed by atoms with E-state index in [1.165, 1.54) is 0 Å². The highest BCUT2D eigenvalue weighted by atomic mass is 35.5. The number of halogens is 2. The van der Waals surface area contributed by atoms with Crippen LogP contribution in [0.3, 0.4) is 0 Å². The van der Waals surface area contributed by atoms with Gasteiger partial charge in [0, 0.05) is 32.2 Å². The molecule has 0 unspecified atom stereocenters. The first kappa shape index (κ1) is 14.3. The van der Waals surface area contributed by atoms with Crippen LogP contribution < -0.4 is 4.90 Å². The molecule has 0 aromatic carbocycles. The predicted octanol–water partition coefficient (Wildman–Crippen LogP) is 2.21. The fourth-order valence-electron chi connectivity index (χ4n) is 2.14. The summed E-state index contributed by atoms with van der Waals surface area (Å²) in [5, 5.41) is 17.4. The van der Waals surface area contributed by atoms with Crippen molar-refractivity contribution in [3.05, 3.63) is 16.4 Å². The molecule has 5 nitrogen and oxygen atoms in total. The lowest BCUT2D eigenvalue weighted by Crippen LogP contribution is -2.54. The molecule has 7 heteroatoms. The lowest BCUT2D eigenvalue weighted by Gasteiger charge is -2.41. The van der Waals surface area contributed by atoms with E-state index < -0.39 is 5.54 Å². The van der Waals surface area contributed by atoms with Crippen molar-refractivity contribution in [1.82, 2.24) is 15.1 Å². The minimum absolute atomic E-state index is 0.333. The summed E-state index contributed by atoms with van der Waals surface area (Å²) < 4.78 is 0. The van der Waals surface area contributed by atoms with Crippen LogP contribution >= 0.6 is 23.2 Å². The van der Waals surface area contributed by atoms with Gasteiger partial charge in [-0.1, -0.05) is 23.2 Å². The van der Waals surface area contributed by atoms with Gasteiger partial charge in [-0.2, -0.15) is 5.26 Å². The molecule has 102 valence electrons. The lowest BCUT2D eigenvalue weighted by atomic mass is 10.0. The molecule has 0 spiro atoms. The largest absolute Gasteiger partial charge is 0.366 e. The zero-order chi connectivity index (χ0) is 14.0. The van der Waals surface area contributed by atoms with Crippen LogP contribution in [0.5, 0.6) is 0 Å². The number of hydrogen-bond acceptors (Lipinski definition) is 5. The highest BCUT2D eigenvalue weighted by molar-refractivity contribution is 6.33. The fraction of sp³-hybridized carbons (Fsp3) is 0.583. The molecule has 0 amide bonds. The number of hydrogen-bond donors (Lipinski definition) is 0. The van der Waals surface area contributed by atoms with E-state index in [-0.39, 0.29) is 0 Å². The van der Waals surface area contributed by atoms with Gasteiger partial charge in [-0.3, -0.25) is 4.90 Å². The van der Waals surface area contributed by atoms with Crippen molar-refractivity contribution in [2.45, 2.75) is 19.4 Å². The highest BCUT2D eigenvalue weighted by Gasteiger charge is 2.30. The minimum Gasteiger partial charge on any atom is -0.366 e. The molecule has 1 fully saturated rings. The van der Waals surface area contributed by atoms with Gasteiger partial charge >= 0.3 is 0 Å². The molecular formula is C12H15Cl2N5. The third-order valence-corrected chi connectivity index (χ3v) is 3.84. The number of anilines is 1. The second kappa shape index (κ2) is 5.49. The topological polar surface area (TPSA) is 56.1 Å². The molecule has 0 aliphatic carbocycles. The van der Waals surface area contributed by atoms with Crippen LogP contribution in [0.25, 0.3) is 0 Å². The third kappa shape index (κ3) is 3.08. The molecule has 0 bridgehead atoms. The SMILES string of the molecule is CC(C)(C#N)N1CCN(c2cc(Cl)nnc2Cl)CC1. The Morgan fingerprint density at radius 3 is 2.42 bits per heavy atom. The second-order valence-corrected chi connectivity index (χ2v) is 5.73. The van der Waals surface area contributed by atoms with Crippen LogP contribution in [0.2, 0.25) is 10.3 Å². The van der Waals surface area contributed by atoms with Crippen molar-refractivity contribution < 1.29 is 0 Å². The average Bonchev–Trinajstić information content (AvgIpc) is 2.42. The maximum absolute atomic E-state index is 9.15. The van der Waals surface area contributed by atoms with E-state index in [2.05, 4.69) is 26.1 Å². The van der Waals surface area contributed by atoms with Gasteiger partial charge in [0.1, 0.15) is 5.54 Å². The molecule has 1 aliphatic heterocycles. The Morgan fingerprint density at radius 1 is 1.21 bits per heavy atom. The first-order valence-electron chi connectivity index (χ1n) is 6.04. The minimum atomic E-state index is -0.440. The van der Waals surface area contributed by atoms with Crippen molar-refractivity contribution in [3.8, 4) is 6.07 Å². The number of nitriles is 1. The monoisotopic (exact) mass is 299 g/mol. The molecule has 1 aliphatic rings. The summed E-state index contributed by atoms with van der Waals surface area (Å²) in [7, 11) is 0. The van der Waals surface area contributed by atoms with Crippen LogP contribution in [-0.4, -0.2) is 46.8 Å². The van der Waals surface area contributed by atoms with Crippen molar-refractivity contribution in [3.63, 3.8) is 0 Å². The number of nitrogens with zero attached hydrogens (tertiary/aromatic N) is 5. The second-order valence-electron chi connectivity index (χ2n) is 4.99. The van der Waals surface area contributed by atoms with Crippen LogP contribution in [0.1, 0.15) is 13.8 Å². The molecule has 1 saturated heterocycles. The normalized spacial score (nSPS) is 17.3. The lowest BCUT2D eigenvalue weighted by molar-refractivity contribution is 0.158. The van der Waals surface area contributed by atoms with Crippen LogP contribution in [0, 0.1) is 11.3 Å². The van der Waals surface area contributed by atoms with Crippen LogP contribution in [0.4, 0.5) is 5.69 Å². The summed E-state index contributed by atoms with van der Waals surface area (Å²) >= 11 is 11.9. The number of piperazine rings is 1. The zero-order valence-corrected chi connectivity index (χ0v) is 12.4. The maximum Gasteiger partial charge on any atom is 0.175 e. The van der Waals surface area contributed by atoms with E-state index in [0.717, 1.165) is 31.9 Å². The molecule has 0 atom stereocenters. The summed E-state index contributed by atoms with van der Waals surface area (Å²) in [6.07, 6.45) is 0. The Labute approximate surface area is 122 Å². The summed E-state index contributed by atoms with van der Waals surface area (Å²) in [6.45, 7) is 7.04. The third-order valence-electron chi connectivity index (χ3n) is 3.39. The Bertz CT molecular complexity index is 503. The predicted molar refractivity (Wildman–Crippen MR) is 75.5 cm³/mol. The molecule has 19 heavy (non-hydrogen) atoms. The van der Waals surface area contributed by atoms with Crippen molar-refractivity contribution in [2.75, 3.05) is 31.1 Å². The maximum atomic E-state index is 9.15. The average molecular weight is 300 g/mol. The summed E-state index contributed by atoms with van der Waals surface area (Å²) in [5.41, 5.74) is 0.361. The molecule has 0 N–H and O–H groups in total. The van der Waals surface area contributed by atoms with E-state index in [4.69, 9.17) is 28.5 Å². The van der Waals surface area contributed by atoms with E-state index in [9.17, 15) is 0 Å². The van der Waals surface area contributed by atoms with Gasteiger partial charge in [0.15, 0.2) is 10.3 Å². The van der Waals surface area contributed by atoms with E-state index in [0.29, 0.717) is 10.3 Å². The van der Waals surface area contributed by atoms with E-state index in [1.807, 2.05) is 13.8 Å². The first-order chi connectivity index (χ1) is 8.94. The quantitative estimate of drug-likeness (QED) is 0.838. The Hall–Kier alpha value is -1.09. The number of aromatic nitrogens is 2. The van der Waals surface area contributed by atoms with Gasteiger partial charge in [-0.25, -0.2) is 0 Å². The van der Waals surface area contributed by atoms with E-state index >= 15 is 0 Å². The Kier molecular flexibility index (Phi) is 4.14. The molecule has 1 aromatic rings. The summed E-state index contributed by atoms with van der Waals surface area (Å²) in [5.74, 6) is 0. The Morgan fingerprint density at radius 2 is 1.84 bits per heavy atom. The standard InChI is InChI=1S/C12H15Cl2N5/c1-12(2,8-15)19-5-3-18(4-6-19)9-7-10(13)16-17-11(9)14/h7H,3-6H2,1-2H3. The molecule has 1 aromatic heterocycles. The molecule has 0 radical (unpaired) electrons. The van der Waals surface area contributed by atoms with Gasteiger partial charge < -0.3 is 4.90 Å². The number of rotatable bonds is 2. The van der Waals surface area contributed by atoms with E-state index in [1.54, 1.807) is 6.07 Å². The fourth-order valence-corrected chi connectivity index (χ4v) is 2.50. The smallest absolute Gasteiger partial charge is 0.175 e. The van der Waals surface area contributed by atoms with Gasteiger partial charge in [0.25, 0.3) is 0 Å². The van der Waals surface area contributed by atoms with Gasteiger partial charge in [0.05, 0.1) is 11.8 Å². The van der Waals surface area contributed by atoms with Crippen molar-refractivity contribution in [1.29, 1.82) is 5.26 Å². The molecule has 2 rings (SSSR count). The summed E-state index contributed by atoms with van der Waals surface area (Å²) in [4.78, 5) is 4.28. The van der Waals surface area contributed by atoms with Gasteiger partial charge in [-0.05, 0) is 13.8 Å². The zero-order valence-electron chi connectivity index (χ0n) is 10.9. The molecule has 2 heterocycles. The van der Waals surface area contributed by atoms with Crippen molar-refractivity contribution in [2.24, 2.45) is 0 Å². The summed E-state index contributed by atoms with van der Waals surface area (Å²) in [6, 6.07) is 4.05. The van der Waals surface area contributed by atoms with Gasteiger partial charge in [-0.15, -0.1) is 10.2 Å². The van der Waals surface area contributed by atoms with Crippen molar-refractivity contribution >= 4 is 28.9 Å². The molecular weight excluding hydrogens is 285 g/mol. The van der Waals surface area contributed by atoms with Crippen LogP contribution in [-0.2, 0) is 0 Å². The van der Waals surface area contributed by atoms with Crippen LogP contribution in [0.15, 0.2) is 6.07 Å². The highest BCUT2D eigenvalue weighted by Crippen LogP contribution is 2.27. The Balaban J connectivity index is 2.08. The van der Waals surface area contributed by atoms with Gasteiger partial charge in [0.2, 0.25) is 0 Å². The molecule has 0 saturated carbocycles. The first-order valence-corrected chi connectivity index (χ1v) is 6.79.